The van der Waals surface area contributed by atoms with Gasteiger partial charge in [-0.05, 0) is 59.3 Å². The summed E-state index contributed by atoms with van der Waals surface area (Å²) in [5.41, 5.74) is 0.389. The first-order valence-electron chi connectivity index (χ1n) is 10.1. The Balaban J connectivity index is 1.66. The van der Waals surface area contributed by atoms with Gasteiger partial charge in [0.2, 0.25) is 0 Å². The van der Waals surface area contributed by atoms with Gasteiger partial charge in [0, 0.05) is 23.6 Å². The van der Waals surface area contributed by atoms with Crippen LogP contribution in [0.2, 0.25) is 0 Å². The Hall–Kier alpha value is -3.76. The molecule has 0 aliphatic carbocycles. The van der Waals surface area contributed by atoms with Crippen LogP contribution in [0.4, 0.5) is 26.3 Å². The highest BCUT2D eigenvalue weighted by Gasteiger charge is 2.15. The molecule has 1 nitrogen and oxygen atoms in total. The van der Waals surface area contributed by atoms with Crippen LogP contribution in [0.5, 0.6) is 0 Å². The summed E-state index contributed by atoms with van der Waals surface area (Å²) in [4.78, 5) is 0. The summed E-state index contributed by atoms with van der Waals surface area (Å²) in [6.07, 6.45) is 0.494. The van der Waals surface area contributed by atoms with Crippen LogP contribution in [-0.2, 0) is 11.2 Å². The number of methoxy groups -OCH3 is 1. The van der Waals surface area contributed by atoms with Crippen molar-refractivity contribution < 1.29 is 31.1 Å². The van der Waals surface area contributed by atoms with Crippen LogP contribution < -0.4 is 0 Å². The van der Waals surface area contributed by atoms with Crippen LogP contribution in [0.15, 0.2) is 54.6 Å². The summed E-state index contributed by atoms with van der Waals surface area (Å²) in [7, 11) is 1.53. The van der Waals surface area contributed by atoms with Crippen molar-refractivity contribution in [1.82, 2.24) is 0 Å². The van der Waals surface area contributed by atoms with Crippen molar-refractivity contribution in [3.63, 3.8) is 0 Å². The first-order valence-corrected chi connectivity index (χ1v) is 10.1. The molecular weight excluding hydrogens is 454 g/mol. The summed E-state index contributed by atoms with van der Waals surface area (Å²) in [5, 5.41) is -0.106. The van der Waals surface area contributed by atoms with E-state index < -0.39 is 40.5 Å². The minimum Gasteiger partial charge on any atom is -0.384 e. The first-order chi connectivity index (χ1) is 16.3. The highest BCUT2D eigenvalue weighted by atomic mass is 19.2. The number of benzene rings is 4. The predicted molar refractivity (Wildman–Crippen MR) is 117 cm³/mol. The van der Waals surface area contributed by atoms with E-state index in [1.807, 2.05) is 0 Å². The van der Waals surface area contributed by atoms with Crippen molar-refractivity contribution in [2.24, 2.45) is 0 Å². The van der Waals surface area contributed by atoms with E-state index in [1.54, 1.807) is 6.07 Å². The Kier molecular flexibility index (Phi) is 6.62. The molecular formula is C27H16F6O. The second-order valence-electron chi connectivity index (χ2n) is 7.54. The fourth-order valence-corrected chi connectivity index (χ4v) is 3.53. The van der Waals surface area contributed by atoms with Crippen molar-refractivity contribution in [1.29, 1.82) is 0 Å². The highest BCUT2D eigenvalue weighted by molar-refractivity contribution is 5.84. The van der Waals surface area contributed by atoms with E-state index in [4.69, 9.17) is 4.74 Å². The molecule has 0 saturated heterocycles. The molecule has 0 saturated carbocycles. The van der Waals surface area contributed by atoms with Gasteiger partial charge < -0.3 is 4.74 Å². The lowest BCUT2D eigenvalue weighted by molar-refractivity contribution is 0.202. The van der Waals surface area contributed by atoms with Crippen LogP contribution in [0, 0.1) is 46.7 Å². The Morgan fingerprint density at radius 3 is 2.12 bits per heavy atom. The molecule has 0 heterocycles. The number of hydrogen-bond acceptors (Lipinski definition) is 1. The van der Waals surface area contributed by atoms with E-state index in [2.05, 4.69) is 11.8 Å². The van der Waals surface area contributed by atoms with E-state index in [1.165, 1.54) is 37.4 Å². The zero-order valence-electron chi connectivity index (χ0n) is 17.8. The Labute approximate surface area is 191 Å². The zero-order valence-corrected chi connectivity index (χ0v) is 17.8. The van der Waals surface area contributed by atoms with Gasteiger partial charge in [0.25, 0.3) is 0 Å². The van der Waals surface area contributed by atoms with Gasteiger partial charge in [0.05, 0.1) is 12.2 Å². The molecule has 0 spiro atoms. The third-order valence-electron chi connectivity index (χ3n) is 5.29. The number of rotatable bonds is 4. The summed E-state index contributed by atoms with van der Waals surface area (Å²) in [6.45, 7) is 0.410. The summed E-state index contributed by atoms with van der Waals surface area (Å²) in [5.74, 6) is -2.00. The van der Waals surface area contributed by atoms with Gasteiger partial charge in [-0.2, -0.15) is 0 Å². The average Bonchev–Trinajstić information content (AvgIpc) is 2.80. The van der Waals surface area contributed by atoms with E-state index in [9.17, 15) is 26.3 Å². The second kappa shape index (κ2) is 9.62. The van der Waals surface area contributed by atoms with Gasteiger partial charge in [0.15, 0.2) is 17.5 Å². The lowest BCUT2D eigenvalue weighted by Gasteiger charge is -2.08. The molecule has 4 aromatic carbocycles. The van der Waals surface area contributed by atoms with Gasteiger partial charge in [-0.1, -0.05) is 30.0 Å². The van der Waals surface area contributed by atoms with Crippen molar-refractivity contribution in [3.8, 4) is 23.0 Å². The fraction of sp³-hybridized carbons (Fsp3) is 0.111. The summed E-state index contributed by atoms with van der Waals surface area (Å²) >= 11 is 0. The average molecular weight is 470 g/mol. The number of halogens is 6. The van der Waals surface area contributed by atoms with Crippen molar-refractivity contribution in [2.45, 2.75) is 6.42 Å². The van der Waals surface area contributed by atoms with Crippen LogP contribution in [-0.4, -0.2) is 13.7 Å². The van der Waals surface area contributed by atoms with E-state index in [0.717, 1.165) is 18.2 Å². The van der Waals surface area contributed by atoms with Crippen molar-refractivity contribution >= 4 is 10.8 Å². The van der Waals surface area contributed by atoms with Crippen molar-refractivity contribution in [2.75, 3.05) is 13.7 Å². The molecule has 0 aliphatic heterocycles. The molecule has 4 aromatic rings. The quantitative estimate of drug-likeness (QED) is 0.179. The Morgan fingerprint density at radius 2 is 1.44 bits per heavy atom. The molecule has 34 heavy (non-hydrogen) atoms. The van der Waals surface area contributed by atoms with E-state index in [-0.39, 0.29) is 27.5 Å². The van der Waals surface area contributed by atoms with Gasteiger partial charge >= 0.3 is 0 Å². The molecule has 0 N–H and O–H groups in total. The minimum absolute atomic E-state index is 0.00928. The van der Waals surface area contributed by atoms with Crippen LogP contribution >= 0.6 is 0 Å². The van der Waals surface area contributed by atoms with Crippen LogP contribution in [0.25, 0.3) is 21.9 Å². The minimum atomic E-state index is -1.59. The molecule has 0 radical (unpaired) electrons. The molecule has 0 atom stereocenters. The smallest absolute Gasteiger partial charge is 0.195 e. The fourth-order valence-electron chi connectivity index (χ4n) is 3.53. The van der Waals surface area contributed by atoms with Gasteiger partial charge in [-0.25, -0.2) is 26.3 Å². The number of hydrogen-bond donors (Lipinski definition) is 0. The van der Waals surface area contributed by atoms with Crippen LogP contribution in [0.1, 0.15) is 16.7 Å². The molecule has 0 fully saturated rings. The lowest BCUT2D eigenvalue weighted by Crippen LogP contribution is -1.97. The Bertz CT molecular complexity index is 1440. The van der Waals surface area contributed by atoms with E-state index in [0.29, 0.717) is 18.6 Å². The molecule has 0 aromatic heterocycles. The van der Waals surface area contributed by atoms with Crippen molar-refractivity contribution in [3.05, 3.63) is 106 Å². The third kappa shape index (κ3) is 4.63. The molecule has 0 amide bonds. The maximum atomic E-state index is 14.7. The second-order valence-corrected chi connectivity index (χ2v) is 7.54. The van der Waals surface area contributed by atoms with Gasteiger partial charge in [-0.15, -0.1) is 0 Å². The normalized spacial score (nSPS) is 10.9. The molecule has 4 rings (SSSR count). The summed E-state index contributed by atoms with van der Waals surface area (Å²) < 4.78 is 89.5. The van der Waals surface area contributed by atoms with Crippen LogP contribution in [0.3, 0.4) is 0 Å². The van der Waals surface area contributed by atoms with E-state index >= 15 is 0 Å². The molecule has 172 valence electrons. The maximum Gasteiger partial charge on any atom is 0.195 e. The maximum absolute atomic E-state index is 14.7. The molecule has 0 unspecified atom stereocenters. The van der Waals surface area contributed by atoms with Gasteiger partial charge in [-0.3, -0.25) is 0 Å². The number of ether oxygens (including phenoxy) is 1. The number of fused-ring (bicyclic) bond motifs is 1. The SMILES string of the molecule is COCCc1ccc(-c2cc(F)c(C#Cc3ccc4c(F)c(F)c(F)cc4c3)c(F)c2)c(F)c1. The predicted octanol–water partition coefficient (Wildman–Crippen LogP) is 6.93. The summed E-state index contributed by atoms with van der Waals surface area (Å²) in [6, 6.07) is 10.9. The standard InChI is InChI=1S/C27H16F6O/c1-34-9-8-16-2-5-19(22(28)11-16)18-12-23(29)21(24(30)13-18)7-4-15-3-6-20-17(10-15)14-25(31)27(33)26(20)32/h2-3,5-6,10-14H,8-9H2,1H3. The third-order valence-corrected chi connectivity index (χ3v) is 5.29. The highest BCUT2D eigenvalue weighted by Crippen LogP contribution is 2.28. The Morgan fingerprint density at radius 1 is 0.706 bits per heavy atom. The monoisotopic (exact) mass is 470 g/mol. The lowest BCUT2D eigenvalue weighted by atomic mass is 10.00. The zero-order chi connectivity index (χ0) is 24.4. The molecule has 0 bridgehead atoms. The van der Waals surface area contributed by atoms with Gasteiger partial charge in [0.1, 0.15) is 17.5 Å². The largest absolute Gasteiger partial charge is 0.384 e. The molecule has 7 heteroatoms. The molecule has 0 aliphatic rings. The topological polar surface area (TPSA) is 9.23 Å². The first kappa shape index (κ1) is 23.4.